The van der Waals surface area contributed by atoms with Gasteiger partial charge in [-0.3, -0.25) is 9.59 Å². The lowest BCUT2D eigenvalue weighted by molar-refractivity contribution is -0.116. The first-order chi connectivity index (χ1) is 15.7. The highest BCUT2D eigenvalue weighted by atomic mass is 16.5. The van der Waals surface area contributed by atoms with Gasteiger partial charge in [0.15, 0.2) is 5.75 Å². The van der Waals surface area contributed by atoms with Crippen molar-refractivity contribution in [2.24, 2.45) is 0 Å². The van der Waals surface area contributed by atoms with E-state index >= 15 is 0 Å². The Bertz CT molecular complexity index is 1250. The first-order valence-corrected chi connectivity index (χ1v) is 10.3. The number of ether oxygens (including phenoxy) is 1. The van der Waals surface area contributed by atoms with Crippen LogP contribution in [-0.4, -0.2) is 11.8 Å². The molecule has 5 nitrogen and oxygen atoms in total. The number of benzene rings is 4. The van der Waals surface area contributed by atoms with Crippen LogP contribution in [0.5, 0.6) is 11.5 Å². The van der Waals surface area contributed by atoms with Gasteiger partial charge in [0.1, 0.15) is 5.75 Å². The topological polar surface area (TPSA) is 67.4 Å². The van der Waals surface area contributed by atoms with Gasteiger partial charge >= 0.3 is 0 Å². The van der Waals surface area contributed by atoms with Gasteiger partial charge in [-0.1, -0.05) is 72.8 Å². The second-order valence-corrected chi connectivity index (χ2v) is 7.51. The van der Waals surface area contributed by atoms with Crippen LogP contribution in [0.25, 0.3) is 0 Å². The monoisotopic (exact) mass is 420 g/mol. The minimum absolute atomic E-state index is 0.180. The SMILES string of the molecule is O=C1Nc2ccccc2Oc2ccc(NC(=O)C(c3ccccc3)c3ccccc3)cc21. The van der Waals surface area contributed by atoms with Gasteiger partial charge in [-0.15, -0.1) is 0 Å². The fourth-order valence-corrected chi connectivity index (χ4v) is 3.84. The van der Waals surface area contributed by atoms with E-state index in [2.05, 4.69) is 10.6 Å². The number of carbonyl (C=O) groups is 2. The van der Waals surface area contributed by atoms with Crippen LogP contribution in [0.4, 0.5) is 11.4 Å². The van der Waals surface area contributed by atoms with E-state index in [0.29, 0.717) is 28.4 Å². The maximum atomic E-state index is 13.4. The minimum atomic E-state index is -0.481. The molecule has 0 saturated carbocycles. The molecule has 32 heavy (non-hydrogen) atoms. The van der Waals surface area contributed by atoms with E-state index in [4.69, 9.17) is 4.74 Å². The zero-order chi connectivity index (χ0) is 21.9. The number of nitrogens with one attached hydrogen (secondary N) is 2. The molecule has 0 unspecified atom stereocenters. The lowest BCUT2D eigenvalue weighted by atomic mass is 9.90. The van der Waals surface area contributed by atoms with Crippen LogP contribution in [-0.2, 0) is 4.79 Å². The van der Waals surface area contributed by atoms with Crippen molar-refractivity contribution >= 4 is 23.2 Å². The Morgan fingerprint density at radius 3 is 2.06 bits per heavy atom. The number of amides is 2. The molecule has 0 spiro atoms. The quantitative estimate of drug-likeness (QED) is 0.437. The molecule has 1 aliphatic rings. The Morgan fingerprint density at radius 2 is 1.38 bits per heavy atom. The molecule has 1 aliphatic heterocycles. The molecule has 156 valence electrons. The van der Waals surface area contributed by atoms with E-state index < -0.39 is 5.92 Å². The number of hydrogen-bond acceptors (Lipinski definition) is 3. The van der Waals surface area contributed by atoms with Crippen LogP contribution >= 0.6 is 0 Å². The molecule has 0 aromatic heterocycles. The molecule has 5 rings (SSSR count). The summed E-state index contributed by atoms with van der Waals surface area (Å²) in [5.41, 5.74) is 3.27. The van der Waals surface area contributed by atoms with Crippen molar-refractivity contribution in [2.45, 2.75) is 5.92 Å². The molecule has 0 bridgehead atoms. The third-order valence-corrected chi connectivity index (χ3v) is 5.37. The van der Waals surface area contributed by atoms with Crippen molar-refractivity contribution in [1.82, 2.24) is 0 Å². The smallest absolute Gasteiger partial charge is 0.259 e. The highest BCUT2D eigenvalue weighted by Gasteiger charge is 2.25. The predicted octanol–water partition coefficient (Wildman–Crippen LogP) is 5.82. The highest BCUT2D eigenvalue weighted by molar-refractivity contribution is 6.09. The summed E-state index contributed by atoms with van der Waals surface area (Å²) < 4.78 is 5.92. The van der Waals surface area contributed by atoms with E-state index in [1.807, 2.05) is 72.8 Å². The number of fused-ring (bicyclic) bond motifs is 2. The lowest BCUT2D eigenvalue weighted by Crippen LogP contribution is -2.22. The van der Waals surface area contributed by atoms with Crippen molar-refractivity contribution < 1.29 is 14.3 Å². The minimum Gasteiger partial charge on any atom is -0.454 e. The van der Waals surface area contributed by atoms with Crippen LogP contribution in [0.1, 0.15) is 27.4 Å². The highest BCUT2D eigenvalue weighted by Crippen LogP contribution is 2.36. The molecule has 0 radical (unpaired) electrons. The number of anilines is 2. The van der Waals surface area contributed by atoms with Crippen molar-refractivity contribution in [3.8, 4) is 11.5 Å². The predicted molar refractivity (Wildman–Crippen MR) is 124 cm³/mol. The zero-order valence-electron chi connectivity index (χ0n) is 17.1. The van der Waals surface area contributed by atoms with Gasteiger partial charge in [0.05, 0.1) is 17.2 Å². The molecule has 1 heterocycles. The molecule has 0 fully saturated rings. The summed E-state index contributed by atoms with van der Waals surface area (Å²) in [6, 6.07) is 31.6. The summed E-state index contributed by atoms with van der Waals surface area (Å²) in [6.07, 6.45) is 0. The van der Waals surface area contributed by atoms with Gasteiger partial charge in [-0.05, 0) is 41.5 Å². The average molecular weight is 420 g/mol. The van der Waals surface area contributed by atoms with Crippen LogP contribution in [0.3, 0.4) is 0 Å². The Labute approximate surface area is 185 Å². The third kappa shape index (κ3) is 3.84. The molecule has 5 heteroatoms. The maximum Gasteiger partial charge on any atom is 0.259 e. The summed E-state index contributed by atoms with van der Waals surface area (Å²) in [4.78, 5) is 26.1. The summed E-state index contributed by atoms with van der Waals surface area (Å²) in [7, 11) is 0. The fourth-order valence-electron chi connectivity index (χ4n) is 3.84. The van der Waals surface area contributed by atoms with Crippen LogP contribution in [0.2, 0.25) is 0 Å². The van der Waals surface area contributed by atoms with E-state index in [1.54, 1.807) is 30.3 Å². The molecular weight excluding hydrogens is 400 g/mol. The third-order valence-electron chi connectivity index (χ3n) is 5.37. The van der Waals surface area contributed by atoms with Crippen LogP contribution in [0.15, 0.2) is 103 Å². The van der Waals surface area contributed by atoms with Gasteiger partial charge in [0.2, 0.25) is 5.91 Å². The molecule has 0 saturated heterocycles. The Kier molecular flexibility index (Phi) is 5.14. The molecule has 0 aliphatic carbocycles. The molecule has 4 aromatic carbocycles. The molecule has 2 amide bonds. The van der Waals surface area contributed by atoms with Gasteiger partial charge in [-0.2, -0.15) is 0 Å². The Hall–Kier alpha value is -4.38. The first kappa shape index (κ1) is 19.6. The van der Waals surface area contributed by atoms with Crippen molar-refractivity contribution in [3.63, 3.8) is 0 Å². The maximum absolute atomic E-state index is 13.4. The molecule has 4 aromatic rings. The number of rotatable bonds is 4. The van der Waals surface area contributed by atoms with Gasteiger partial charge in [0.25, 0.3) is 5.91 Å². The molecule has 0 atom stereocenters. The van der Waals surface area contributed by atoms with Crippen LogP contribution < -0.4 is 15.4 Å². The summed E-state index contributed by atoms with van der Waals surface area (Å²) in [5, 5.41) is 5.83. The summed E-state index contributed by atoms with van der Waals surface area (Å²) in [5.74, 6) is 0.0626. The second-order valence-electron chi connectivity index (χ2n) is 7.51. The number of para-hydroxylation sites is 2. The number of carbonyl (C=O) groups excluding carboxylic acids is 2. The van der Waals surface area contributed by atoms with Crippen molar-refractivity contribution in [3.05, 3.63) is 120 Å². The summed E-state index contributed by atoms with van der Waals surface area (Å²) >= 11 is 0. The number of hydrogen-bond donors (Lipinski definition) is 2. The van der Waals surface area contributed by atoms with Crippen molar-refractivity contribution in [2.75, 3.05) is 10.6 Å². The van der Waals surface area contributed by atoms with Crippen LogP contribution in [0, 0.1) is 0 Å². The Balaban J connectivity index is 1.45. The average Bonchev–Trinajstić information content (AvgIpc) is 2.96. The first-order valence-electron chi connectivity index (χ1n) is 10.3. The van der Waals surface area contributed by atoms with E-state index in [1.165, 1.54) is 0 Å². The largest absolute Gasteiger partial charge is 0.454 e. The van der Waals surface area contributed by atoms with E-state index in [0.717, 1.165) is 11.1 Å². The van der Waals surface area contributed by atoms with Gasteiger partial charge in [-0.25, -0.2) is 0 Å². The Morgan fingerprint density at radius 1 is 0.750 bits per heavy atom. The zero-order valence-corrected chi connectivity index (χ0v) is 17.1. The second kappa shape index (κ2) is 8.40. The standard InChI is InChI=1S/C27H20N2O3/c30-26-21-17-20(15-16-23(21)32-24-14-8-7-13-22(24)29-26)28-27(31)25(18-9-3-1-4-10-18)19-11-5-2-6-12-19/h1-17,25H,(H,28,31)(H,29,30). The summed E-state index contributed by atoms with van der Waals surface area (Å²) in [6.45, 7) is 0. The van der Waals surface area contributed by atoms with Gasteiger partial charge < -0.3 is 15.4 Å². The van der Waals surface area contributed by atoms with E-state index in [-0.39, 0.29) is 11.8 Å². The van der Waals surface area contributed by atoms with Gasteiger partial charge in [0, 0.05) is 5.69 Å². The normalized spacial score (nSPS) is 12.1. The molecule has 2 N–H and O–H groups in total. The molecular formula is C27H20N2O3. The fraction of sp³-hybridized carbons (Fsp3) is 0.0370. The lowest BCUT2D eigenvalue weighted by Gasteiger charge is -2.18. The van der Waals surface area contributed by atoms with Crippen molar-refractivity contribution in [1.29, 1.82) is 0 Å². The van der Waals surface area contributed by atoms with E-state index in [9.17, 15) is 9.59 Å².